The van der Waals surface area contributed by atoms with E-state index in [1.807, 2.05) is 36.4 Å². The minimum absolute atomic E-state index is 0.0834. The Balaban J connectivity index is 1.45. The number of piperazine rings is 1. The third-order valence-electron chi connectivity index (χ3n) is 5.20. The predicted molar refractivity (Wildman–Crippen MR) is 99.9 cm³/mol. The van der Waals surface area contributed by atoms with E-state index in [4.69, 9.17) is 0 Å². The van der Waals surface area contributed by atoms with Gasteiger partial charge in [-0.25, -0.2) is 0 Å². The van der Waals surface area contributed by atoms with Crippen LogP contribution in [0.4, 0.5) is 0 Å². The average molecular weight is 363 g/mol. The summed E-state index contributed by atoms with van der Waals surface area (Å²) >= 11 is 0. The van der Waals surface area contributed by atoms with Gasteiger partial charge in [0, 0.05) is 18.5 Å². The summed E-state index contributed by atoms with van der Waals surface area (Å²) in [6.07, 6.45) is 1.04. The summed E-state index contributed by atoms with van der Waals surface area (Å²) in [4.78, 5) is 39.6. The molecule has 4 rings (SSSR count). The molecule has 138 valence electrons. The average Bonchev–Trinajstić information content (AvgIpc) is 3.12. The summed E-state index contributed by atoms with van der Waals surface area (Å²) in [6, 6.07) is 16.9. The van der Waals surface area contributed by atoms with Crippen LogP contribution in [0.1, 0.15) is 22.3 Å². The van der Waals surface area contributed by atoms with Gasteiger partial charge in [-0.05, 0) is 24.1 Å². The molecular weight excluding hydrogens is 342 g/mol. The molecule has 6 heteroatoms. The van der Waals surface area contributed by atoms with Gasteiger partial charge < -0.3 is 15.5 Å². The Morgan fingerprint density at radius 3 is 2.41 bits per heavy atom. The lowest BCUT2D eigenvalue weighted by Crippen LogP contribution is -2.65. The predicted octanol–water partition coefficient (Wildman–Crippen LogP) is 1.13. The van der Waals surface area contributed by atoms with Crippen LogP contribution in [-0.4, -0.2) is 47.3 Å². The second-order valence-electron chi connectivity index (χ2n) is 6.96. The van der Waals surface area contributed by atoms with Crippen LogP contribution in [0.3, 0.4) is 0 Å². The third kappa shape index (κ3) is 3.43. The van der Waals surface area contributed by atoms with E-state index in [1.54, 1.807) is 29.2 Å². The fourth-order valence-corrected chi connectivity index (χ4v) is 3.86. The van der Waals surface area contributed by atoms with Crippen molar-refractivity contribution >= 4 is 17.7 Å². The molecule has 0 spiro atoms. The van der Waals surface area contributed by atoms with Gasteiger partial charge in [-0.15, -0.1) is 0 Å². The standard InChI is InChI=1S/C21H21N3O3/c25-19(15-9-5-2-6-10-15)22-16-11-12-24-18(16)20(26)23-17(21(24)27)13-14-7-3-1-4-8-14/h1-10,16-18H,11-13H2,(H,22,25)(H,23,26). The molecule has 2 aromatic rings. The highest BCUT2D eigenvalue weighted by atomic mass is 16.2. The van der Waals surface area contributed by atoms with Gasteiger partial charge in [-0.2, -0.15) is 0 Å². The second kappa shape index (κ2) is 7.23. The van der Waals surface area contributed by atoms with Crippen molar-refractivity contribution in [2.24, 2.45) is 0 Å². The van der Waals surface area contributed by atoms with Crippen molar-refractivity contribution in [2.75, 3.05) is 6.54 Å². The molecular formula is C21H21N3O3. The number of hydrogen-bond acceptors (Lipinski definition) is 3. The second-order valence-corrected chi connectivity index (χ2v) is 6.96. The zero-order valence-corrected chi connectivity index (χ0v) is 14.8. The number of carbonyl (C=O) groups excluding carboxylic acids is 3. The van der Waals surface area contributed by atoms with Crippen LogP contribution in [-0.2, 0) is 16.0 Å². The number of hydrogen-bond donors (Lipinski definition) is 2. The Hall–Kier alpha value is -3.15. The molecule has 0 aliphatic carbocycles. The van der Waals surface area contributed by atoms with Gasteiger partial charge in [0.15, 0.2) is 0 Å². The summed E-state index contributed by atoms with van der Waals surface area (Å²) in [7, 11) is 0. The maximum absolute atomic E-state index is 12.9. The zero-order chi connectivity index (χ0) is 18.8. The number of nitrogens with one attached hydrogen (secondary N) is 2. The molecule has 3 atom stereocenters. The topological polar surface area (TPSA) is 78.5 Å². The van der Waals surface area contributed by atoms with Crippen molar-refractivity contribution in [3.63, 3.8) is 0 Å². The van der Waals surface area contributed by atoms with Crippen LogP contribution in [0.2, 0.25) is 0 Å². The number of amides is 3. The van der Waals surface area contributed by atoms with Gasteiger partial charge in [0.05, 0.1) is 6.04 Å². The van der Waals surface area contributed by atoms with E-state index in [-0.39, 0.29) is 23.8 Å². The molecule has 2 aliphatic rings. The number of carbonyl (C=O) groups is 3. The van der Waals surface area contributed by atoms with Gasteiger partial charge in [0.2, 0.25) is 11.8 Å². The minimum atomic E-state index is -0.641. The first-order chi connectivity index (χ1) is 13.1. The summed E-state index contributed by atoms with van der Waals surface area (Å²) < 4.78 is 0. The van der Waals surface area contributed by atoms with E-state index in [2.05, 4.69) is 10.6 Å². The van der Waals surface area contributed by atoms with E-state index in [0.29, 0.717) is 24.9 Å². The molecule has 0 aromatic heterocycles. The summed E-state index contributed by atoms with van der Waals surface area (Å²) in [5.41, 5.74) is 1.54. The van der Waals surface area contributed by atoms with E-state index in [0.717, 1.165) is 5.56 Å². The number of nitrogens with zero attached hydrogens (tertiary/aromatic N) is 1. The third-order valence-corrected chi connectivity index (χ3v) is 5.20. The van der Waals surface area contributed by atoms with E-state index >= 15 is 0 Å². The molecule has 2 aromatic carbocycles. The molecule has 0 saturated carbocycles. The molecule has 2 saturated heterocycles. The fraction of sp³-hybridized carbons (Fsp3) is 0.286. The normalized spacial score (nSPS) is 24.3. The van der Waals surface area contributed by atoms with Crippen molar-refractivity contribution in [3.05, 3.63) is 71.8 Å². The van der Waals surface area contributed by atoms with Crippen LogP contribution in [0.15, 0.2) is 60.7 Å². The van der Waals surface area contributed by atoms with Gasteiger partial charge >= 0.3 is 0 Å². The number of benzene rings is 2. The Morgan fingerprint density at radius 2 is 1.70 bits per heavy atom. The molecule has 2 fully saturated rings. The van der Waals surface area contributed by atoms with E-state index < -0.39 is 12.1 Å². The Kier molecular flexibility index (Phi) is 4.62. The van der Waals surface area contributed by atoms with Crippen LogP contribution < -0.4 is 10.6 Å². The van der Waals surface area contributed by atoms with Crippen molar-refractivity contribution in [2.45, 2.75) is 31.0 Å². The zero-order valence-electron chi connectivity index (χ0n) is 14.8. The van der Waals surface area contributed by atoms with E-state index in [9.17, 15) is 14.4 Å². The largest absolute Gasteiger partial charge is 0.347 e. The first kappa shape index (κ1) is 17.3. The highest BCUT2D eigenvalue weighted by molar-refractivity contribution is 5.99. The molecule has 0 bridgehead atoms. The highest BCUT2D eigenvalue weighted by Crippen LogP contribution is 2.24. The Morgan fingerprint density at radius 1 is 1.04 bits per heavy atom. The molecule has 2 aliphatic heterocycles. The molecule has 6 nitrogen and oxygen atoms in total. The molecule has 27 heavy (non-hydrogen) atoms. The lowest BCUT2D eigenvalue weighted by molar-refractivity contribution is -0.147. The van der Waals surface area contributed by atoms with Crippen LogP contribution >= 0.6 is 0 Å². The Labute approximate surface area is 157 Å². The van der Waals surface area contributed by atoms with Crippen molar-refractivity contribution in [3.8, 4) is 0 Å². The molecule has 0 radical (unpaired) electrons. The summed E-state index contributed by atoms with van der Waals surface area (Å²) in [5, 5.41) is 5.76. The van der Waals surface area contributed by atoms with Crippen molar-refractivity contribution < 1.29 is 14.4 Å². The van der Waals surface area contributed by atoms with Crippen LogP contribution in [0.25, 0.3) is 0 Å². The van der Waals surface area contributed by atoms with Gasteiger partial charge in [-0.1, -0.05) is 48.5 Å². The maximum atomic E-state index is 12.9. The van der Waals surface area contributed by atoms with Crippen LogP contribution in [0.5, 0.6) is 0 Å². The van der Waals surface area contributed by atoms with Crippen molar-refractivity contribution in [1.82, 2.24) is 15.5 Å². The highest BCUT2D eigenvalue weighted by Gasteiger charge is 2.48. The number of fused-ring (bicyclic) bond motifs is 1. The summed E-state index contributed by atoms with van der Waals surface area (Å²) in [5.74, 6) is -0.514. The van der Waals surface area contributed by atoms with E-state index in [1.165, 1.54) is 0 Å². The SMILES string of the molecule is O=C(NC1CCN2C(=O)C(Cc3ccccc3)NC(=O)C12)c1ccccc1. The molecule has 3 amide bonds. The minimum Gasteiger partial charge on any atom is -0.347 e. The van der Waals surface area contributed by atoms with Crippen molar-refractivity contribution in [1.29, 1.82) is 0 Å². The first-order valence-electron chi connectivity index (χ1n) is 9.14. The smallest absolute Gasteiger partial charge is 0.251 e. The fourth-order valence-electron chi connectivity index (χ4n) is 3.86. The lowest BCUT2D eigenvalue weighted by atomic mass is 9.99. The van der Waals surface area contributed by atoms with Gasteiger partial charge in [0.1, 0.15) is 12.1 Å². The van der Waals surface area contributed by atoms with Gasteiger partial charge in [0.25, 0.3) is 5.91 Å². The Bertz CT molecular complexity index is 853. The summed E-state index contributed by atoms with van der Waals surface area (Å²) in [6.45, 7) is 0.474. The molecule has 3 unspecified atom stereocenters. The quantitative estimate of drug-likeness (QED) is 0.855. The molecule has 2 N–H and O–H groups in total. The lowest BCUT2D eigenvalue weighted by Gasteiger charge is -2.36. The number of rotatable bonds is 4. The first-order valence-corrected chi connectivity index (χ1v) is 9.14. The molecule has 2 heterocycles. The van der Waals surface area contributed by atoms with Crippen LogP contribution in [0, 0.1) is 0 Å². The maximum Gasteiger partial charge on any atom is 0.251 e. The monoisotopic (exact) mass is 363 g/mol. The van der Waals surface area contributed by atoms with Gasteiger partial charge in [-0.3, -0.25) is 14.4 Å².